The van der Waals surface area contributed by atoms with Crippen molar-refractivity contribution in [1.29, 1.82) is 0 Å². The molecule has 77 heavy (non-hydrogen) atoms. The van der Waals surface area contributed by atoms with Crippen molar-refractivity contribution in [3.8, 4) is 0 Å². The van der Waals surface area contributed by atoms with Gasteiger partial charge in [0, 0.05) is 19.3 Å². The molecule has 0 heterocycles. The first-order chi connectivity index (χ1) is 38.0. The summed E-state index contributed by atoms with van der Waals surface area (Å²) in [7, 11) is 0. The number of rotatable bonds is 58. The van der Waals surface area contributed by atoms with E-state index in [9.17, 15) is 14.4 Å². The predicted molar refractivity (Wildman–Crippen MR) is 334 cm³/mol. The summed E-state index contributed by atoms with van der Waals surface area (Å²) in [5.74, 6) is -0.892. The molecule has 1 atom stereocenters. The lowest BCUT2D eigenvalue weighted by molar-refractivity contribution is -0.167. The highest BCUT2D eigenvalue weighted by molar-refractivity contribution is 5.71. The molecular weight excluding hydrogens is 949 g/mol. The van der Waals surface area contributed by atoms with Crippen LogP contribution in [0.4, 0.5) is 0 Å². The van der Waals surface area contributed by atoms with Crippen molar-refractivity contribution in [1.82, 2.24) is 0 Å². The highest BCUT2D eigenvalue weighted by Crippen LogP contribution is 2.16. The first-order valence-corrected chi connectivity index (χ1v) is 32.4. The number of hydrogen-bond acceptors (Lipinski definition) is 6. The summed E-state index contributed by atoms with van der Waals surface area (Å²) in [6.45, 7) is 6.48. The molecule has 6 nitrogen and oxygen atoms in total. The third-order valence-electron chi connectivity index (χ3n) is 13.8. The molecule has 0 saturated heterocycles. The van der Waals surface area contributed by atoms with Crippen LogP contribution in [0.25, 0.3) is 0 Å². The van der Waals surface area contributed by atoms with E-state index in [-0.39, 0.29) is 31.1 Å². The van der Waals surface area contributed by atoms with E-state index in [0.717, 1.165) is 128 Å². The molecule has 0 aliphatic heterocycles. The van der Waals surface area contributed by atoms with Crippen LogP contribution < -0.4 is 0 Å². The normalized spacial score (nSPS) is 12.8. The van der Waals surface area contributed by atoms with Crippen LogP contribution in [0, 0.1) is 0 Å². The Bertz CT molecular complexity index is 1560. The Hall–Kier alpha value is -3.93. The summed E-state index contributed by atoms with van der Waals surface area (Å²) < 4.78 is 16.8. The number of esters is 3. The Morgan fingerprint density at radius 2 is 0.506 bits per heavy atom. The van der Waals surface area contributed by atoms with Gasteiger partial charge < -0.3 is 14.2 Å². The van der Waals surface area contributed by atoms with E-state index in [4.69, 9.17) is 14.2 Å². The monoisotopic (exact) mass is 1070 g/mol. The highest BCUT2D eigenvalue weighted by atomic mass is 16.6. The second-order valence-corrected chi connectivity index (χ2v) is 21.3. The Morgan fingerprint density at radius 1 is 0.273 bits per heavy atom. The van der Waals surface area contributed by atoms with Crippen LogP contribution in [0.5, 0.6) is 0 Å². The molecule has 0 radical (unpaired) electrons. The van der Waals surface area contributed by atoms with Gasteiger partial charge in [-0.1, -0.05) is 284 Å². The van der Waals surface area contributed by atoms with E-state index in [2.05, 4.69) is 130 Å². The van der Waals surface area contributed by atoms with E-state index in [0.29, 0.717) is 19.3 Å². The molecule has 0 aliphatic rings. The lowest BCUT2D eigenvalue weighted by Gasteiger charge is -2.18. The second-order valence-electron chi connectivity index (χ2n) is 21.3. The van der Waals surface area contributed by atoms with Crippen LogP contribution in [-0.2, 0) is 28.6 Å². The molecule has 0 rings (SSSR count). The van der Waals surface area contributed by atoms with Crippen molar-refractivity contribution in [3.63, 3.8) is 0 Å². The largest absolute Gasteiger partial charge is 0.462 e. The molecule has 0 aromatic carbocycles. The van der Waals surface area contributed by atoms with Gasteiger partial charge in [-0.2, -0.15) is 0 Å². The van der Waals surface area contributed by atoms with Crippen molar-refractivity contribution in [2.24, 2.45) is 0 Å². The Morgan fingerprint density at radius 3 is 0.818 bits per heavy atom. The smallest absolute Gasteiger partial charge is 0.306 e. The van der Waals surface area contributed by atoms with Crippen LogP contribution in [-0.4, -0.2) is 37.2 Å². The fraction of sp³-hybridized carbons (Fsp3) is 0.704. The van der Waals surface area contributed by atoms with E-state index in [1.165, 1.54) is 135 Å². The minimum Gasteiger partial charge on any atom is -0.462 e. The maximum atomic E-state index is 12.8. The maximum Gasteiger partial charge on any atom is 0.306 e. The number of unbranched alkanes of at least 4 members (excludes halogenated alkanes) is 29. The third kappa shape index (κ3) is 62.8. The van der Waals surface area contributed by atoms with E-state index in [1.54, 1.807) is 0 Å². The molecule has 0 aromatic heterocycles. The van der Waals surface area contributed by atoms with Gasteiger partial charge in [0.2, 0.25) is 0 Å². The number of ether oxygens (including phenoxy) is 3. The lowest BCUT2D eigenvalue weighted by Crippen LogP contribution is -2.30. The van der Waals surface area contributed by atoms with Gasteiger partial charge in [-0.05, 0) is 109 Å². The Kier molecular flexibility index (Phi) is 61.3. The van der Waals surface area contributed by atoms with Crippen LogP contribution >= 0.6 is 0 Å². The molecule has 0 N–H and O–H groups in total. The van der Waals surface area contributed by atoms with Crippen molar-refractivity contribution in [3.05, 3.63) is 109 Å². The summed E-state index contributed by atoms with van der Waals surface area (Å²) in [6.07, 6.45) is 88.3. The molecule has 0 aliphatic carbocycles. The standard InChI is InChI=1S/C71H120O6/c1-4-7-10-13-16-19-21-23-25-26-27-28-29-30-31-32-33-34-35-36-37-38-39-40-41-42-43-44-46-47-49-52-55-58-61-64-70(73)76-67-68(66-75-69(72)63-60-57-54-51-18-15-12-9-6-3)77-71(74)65-62-59-56-53-50-48-45-24-22-20-17-14-11-8-5-2/h7,10,16-17,19-20,23-25,27-28,30-31,33-34,36-37,45,68H,4-6,8-9,11-15,18,21-22,26,29,32,35,38-44,46-67H2,1-3H3/b10-7-,19-16-,20-17-,25-23-,28-27-,31-30-,34-33-,37-36-,45-24-. The van der Waals surface area contributed by atoms with Gasteiger partial charge in [0.05, 0.1) is 0 Å². The average Bonchev–Trinajstić information content (AvgIpc) is 3.43. The van der Waals surface area contributed by atoms with Crippen LogP contribution in [0.15, 0.2) is 109 Å². The van der Waals surface area contributed by atoms with E-state index in [1.807, 2.05) is 0 Å². The number of hydrogen-bond donors (Lipinski definition) is 0. The van der Waals surface area contributed by atoms with Gasteiger partial charge in [-0.25, -0.2) is 0 Å². The van der Waals surface area contributed by atoms with Crippen LogP contribution in [0.2, 0.25) is 0 Å². The van der Waals surface area contributed by atoms with Gasteiger partial charge in [-0.3, -0.25) is 14.4 Å². The van der Waals surface area contributed by atoms with Gasteiger partial charge in [0.15, 0.2) is 6.10 Å². The number of carbonyl (C=O) groups is 3. The predicted octanol–water partition coefficient (Wildman–Crippen LogP) is 22.2. The average molecular weight is 1070 g/mol. The zero-order valence-corrected chi connectivity index (χ0v) is 50.4. The zero-order chi connectivity index (χ0) is 55.7. The molecule has 440 valence electrons. The summed E-state index contributed by atoms with van der Waals surface area (Å²) in [5, 5.41) is 0. The first kappa shape index (κ1) is 73.1. The zero-order valence-electron chi connectivity index (χ0n) is 50.4. The fourth-order valence-corrected chi connectivity index (χ4v) is 8.92. The van der Waals surface area contributed by atoms with E-state index >= 15 is 0 Å². The van der Waals surface area contributed by atoms with Crippen molar-refractivity contribution < 1.29 is 28.6 Å². The van der Waals surface area contributed by atoms with E-state index < -0.39 is 6.10 Å². The van der Waals surface area contributed by atoms with Gasteiger partial charge in [-0.15, -0.1) is 0 Å². The Balaban J connectivity index is 4.10. The van der Waals surface area contributed by atoms with Crippen LogP contribution in [0.3, 0.4) is 0 Å². The quantitative estimate of drug-likeness (QED) is 0.0261. The van der Waals surface area contributed by atoms with Crippen molar-refractivity contribution >= 4 is 17.9 Å². The third-order valence-corrected chi connectivity index (χ3v) is 13.8. The number of carbonyl (C=O) groups excluding carboxylic acids is 3. The van der Waals surface area contributed by atoms with Gasteiger partial charge in [0.25, 0.3) is 0 Å². The maximum absolute atomic E-state index is 12.8. The number of allylic oxidation sites excluding steroid dienone is 18. The molecule has 0 aromatic rings. The van der Waals surface area contributed by atoms with Crippen molar-refractivity contribution in [2.75, 3.05) is 13.2 Å². The lowest BCUT2D eigenvalue weighted by atomic mass is 10.0. The minimum absolute atomic E-state index is 0.0808. The summed E-state index contributed by atoms with van der Waals surface area (Å²) >= 11 is 0. The Labute approximate surface area is 476 Å². The molecule has 0 bridgehead atoms. The fourth-order valence-electron chi connectivity index (χ4n) is 8.92. The molecule has 0 amide bonds. The molecule has 0 saturated carbocycles. The minimum atomic E-state index is -0.783. The van der Waals surface area contributed by atoms with Gasteiger partial charge in [0.1, 0.15) is 13.2 Å². The molecule has 0 fully saturated rings. The highest BCUT2D eigenvalue weighted by Gasteiger charge is 2.19. The molecule has 6 heteroatoms. The second kappa shape index (κ2) is 64.6. The summed E-state index contributed by atoms with van der Waals surface area (Å²) in [6, 6.07) is 0. The summed E-state index contributed by atoms with van der Waals surface area (Å²) in [4.78, 5) is 38.1. The summed E-state index contributed by atoms with van der Waals surface area (Å²) in [5.41, 5.74) is 0. The topological polar surface area (TPSA) is 78.9 Å². The molecule has 0 spiro atoms. The van der Waals surface area contributed by atoms with Gasteiger partial charge >= 0.3 is 17.9 Å². The SMILES string of the molecule is CC/C=C\C/C=C\C/C=C\C/C=C\C/C=C\C/C=C\C/C=C\CCCCCCCCCCCCCCCC(=O)OCC(COC(=O)CCCCCCCCCCC)OC(=O)CCCCCCC/C=C\C/C=C\CCCCC. The van der Waals surface area contributed by atoms with Crippen molar-refractivity contribution in [2.45, 2.75) is 309 Å². The first-order valence-electron chi connectivity index (χ1n) is 32.4. The van der Waals surface area contributed by atoms with Crippen LogP contribution in [0.1, 0.15) is 303 Å². The molecule has 1 unspecified atom stereocenters. The molecular formula is C71H120O6.